The molecule has 0 bridgehead atoms. The average molecular weight is 275 g/mol. The Kier molecular flexibility index (Phi) is 5.08. The van der Waals surface area contributed by atoms with Crippen molar-refractivity contribution in [3.63, 3.8) is 0 Å². The maximum atomic E-state index is 12.3. The summed E-state index contributed by atoms with van der Waals surface area (Å²) in [5.74, 6) is -4.31. The fourth-order valence-corrected chi connectivity index (χ4v) is 1.74. The number of halogens is 2. The van der Waals surface area contributed by atoms with E-state index in [0.717, 1.165) is 0 Å². The van der Waals surface area contributed by atoms with Gasteiger partial charge in [-0.2, -0.15) is 8.78 Å². The number of alkyl halides is 2. The van der Waals surface area contributed by atoms with Crippen molar-refractivity contribution in [1.82, 2.24) is 0 Å². The van der Waals surface area contributed by atoms with Gasteiger partial charge in [0, 0.05) is 4.90 Å². The summed E-state index contributed by atoms with van der Waals surface area (Å²) in [5, 5.41) is 0. The Bertz CT molecular complexity index is 454. The molecule has 2 N–H and O–H groups in total. The molecule has 7 heteroatoms. The number of amides is 1. The quantitative estimate of drug-likeness (QED) is 0.659. The van der Waals surface area contributed by atoms with Crippen molar-refractivity contribution in [2.45, 2.75) is 23.7 Å². The normalized spacial score (nSPS) is 12.2. The molecule has 0 aliphatic rings. The van der Waals surface area contributed by atoms with E-state index in [1.165, 1.54) is 31.2 Å². The number of carbonyl (C=O) groups excluding carboxylic acids is 2. The van der Waals surface area contributed by atoms with Crippen LogP contribution in [-0.2, 0) is 9.53 Å². The van der Waals surface area contributed by atoms with E-state index in [-0.39, 0.29) is 22.2 Å². The number of benzene rings is 1. The maximum absolute atomic E-state index is 12.3. The summed E-state index contributed by atoms with van der Waals surface area (Å²) >= 11 is 0.239. The van der Waals surface area contributed by atoms with Crippen LogP contribution in [0.5, 0.6) is 0 Å². The van der Waals surface area contributed by atoms with Crippen molar-refractivity contribution < 1.29 is 23.1 Å². The van der Waals surface area contributed by atoms with Crippen LogP contribution in [0.2, 0.25) is 0 Å². The van der Waals surface area contributed by atoms with Crippen molar-refractivity contribution in [2.24, 2.45) is 5.73 Å². The number of primary amides is 1. The molecule has 18 heavy (non-hydrogen) atoms. The number of nitrogens with two attached hydrogens (primary N) is 1. The van der Waals surface area contributed by atoms with E-state index in [1.807, 2.05) is 0 Å². The Labute approximate surface area is 106 Å². The minimum atomic E-state index is -2.65. The average Bonchev–Trinajstić information content (AvgIpc) is 2.28. The lowest BCUT2D eigenvalue weighted by atomic mass is 10.2. The molecule has 98 valence electrons. The first kappa shape index (κ1) is 14.4. The first-order valence-electron chi connectivity index (χ1n) is 4.96. The summed E-state index contributed by atoms with van der Waals surface area (Å²) in [6, 6.07) is 5.77. The number of thioether (sulfide) groups is 1. The first-order chi connectivity index (χ1) is 8.41. The molecule has 0 aliphatic carbocycles. The van der Waals surface area contributed by atoms with Gasteiger partial charge in [0.1, 0.15) is 0 Å². The molecular formula is C11H11F2NO3S. The van der Waals surface area contributed by atoms with Gasteiger partial charge in [-0.1, -0.05) is 23.9 Å². The summed E-state index contributed by atoms with van der Waals surface area (Å²) < 4.78 is 29.3. The molecule has 1 atom stereocenters. The topological polar surface area (TPSA) is 69.4 Å². The lowest BCUT2D eigenvalue weighted by molar-refractivity contribution is -0.125. The predicted octanol–water partition coefficient (Wildman–Crippen LogP) is 2.03. The van der Waals surface area contributed by atoms with E-state index in [4.69, 9.17) is 10.5 Å². The second-order valence-electron chi connectivity index (χ2n) is 3.32. The molecule has 4 nitrogen and oxygen atoms in total. The number of hydrogen-bond acceptors (Lipinski definition) is 4. The number of esters is 1. The zero-order valence-corrected chi connectivity index (χ0v) is 10.2. The molecule has 0 heterocycles. The Morgan fingerprint density at radius 2 is 1.94 bits per heavy atom. The molecule has 1 amide bonds. The molecule has 0 saturated carbocycles. The van der Waals surface area contributed by atoms with Crippen LogP contribution in [0.4, 0.5) is 8.78 Å². The monoisotopic (exact) mass is 275 g/mol. The first-order valence-corrected chi connectivity index (χ1v) is 5.84. The van der Waals surface area contributed by atoms with Gasteiger partial charge < -0.3 is 10.5 Å². The molecule has 1 unspecified atom stereocenters. The largest absolute Gasteiger partial charge is 0.449 e. The summed E-state index contributed by atoms with van der Waals surface area (Å²) in [6.07, 6.45) is -1.11. The predicted molar refractivity (Wildman–Crippen MR) is 62.4 cm³/mol. The highest BCUT2D eigenvalue weighted by molar-refractivity contribution is 7.99. The molecular weight excluding hydrogens is 264 g/mol. The van der Waals surface area contributed by atoms with Crippen molar-refractivity contribution in [3.05, 3.63) is 29.8 Å². The Morgan fingerprint density at radius 1 is 1.33 bits per heavy atom. The van der Waals surface area contributed by atoms with E-state index in [2.05, 4.69) is 0 Å². The van der Waals surface area contributed by atoms with E-state index < -0.39 is 23.7 Å². The Hall–Kier alpha value is -1.63. The molecule has 0 fully saturated rings. The van der Waals surface area contributed by atoms with Crippen LogP contribution in [0, 0.1) is 0 Å². The van der Waals surface area contributed by atoms with E-state index in [1.54, 1.807) is 0 Å². The smallest absolute Gasteiger partial charge is 0.340 e. The molecule has 0 aliphatic heterocycles. The summed E-state index contributed by atoms with van der Waals surface area (Å²) in [6.45, 7) is 1.31. The van der Waals surface area contributed by atoms with Gasteiger partial charge in [0.2, 0.25) is 0 Å². The summed E-state index contributed by atoms with van der Waals surface area (Å²) in [5.41, 5.74) is 4.92. The minimum absolute atomic E-state index is 0.0177. The third-order valence-corrected chi connectivity index (χ3v) is 2.80. The van der Waals surface area contributed by atoms with Crippen LogP contribution in [0.1, 0.15) is 17.3 Å². The fraction of sp³-hybridized carbons (Fsp3) is 0.273. The molecule has 0 aromatic heterocycles. The second kappa shape index (κ2) is 6.34. The second-order valence-corrected chi connectivity index (χ2v) is 4.36. The van der Waals surface area contributed by atoms with Crippen LogP contribution in [-0.4, -0.2) is 23.7 Å². The summed E-state index contributed by atoms with van der Waals surface area (Å²) in [4.78, 5) is 22.5. The van der Waals surface area contributed by atoms with Gasteiger partial charge in [-0.05, 0) is 19.1 Å². The van der Waals surface area contributed by atoms with Crippen LogP contribution < -0.4 is 5.73 Å². The molecule has 0 spiro atoms. The lowest BCUT2D eigenvalue weighted by Gasteiger charge is -2.11. The SMILES string of the molecule is CC(OC(=O)c1ccccc1SC(F)F)C(N)=O. The van der Waals surface area contributed by atoms with Crippen molar-refractivity contribution >= 4 is 23.6 Å². The van der Waals surface area contributed by atoms with Crippen LogP contribution in [0.3, 0.4) is 0 Å². The van der Waals surface area contributed by atoms with Crippen LogP contribution in [0.15, 0.2) is 29.2 Å². The molecule has 0 saturated heterocycles. The molecule has 0 radical (unpaired) electrons. The zero-order valence-electron chi connectivity index (χ0n) is 9.43. The van der Waals surface area contributed by atoms with Gasteiger partial charge in [-0.15, -0.1) is 0 Å². The number of carbonyl (C=O) groups is 2. The third kappa shape index (κ3) is 3.99. The third-order valence-electron chi connectivity index (χ3n) is 2.01. The summed E-state index contributed by atoms with van der Waals surface area (Å²) in [7, 11) is 0. The van der Waals surface area contributed by atoms with E-state index >= 15 is 0 Å². The van der Waals surface area contributed by atoms with Gasteiger partial charge in [0.05, 0.1) is 5.56 Å². The number of hydrogen-bond donors (Lipinski definition) is 1. The minimum Gasteiger partial charge on any atom is -0.449 e. The van der Waals surface area contributed by atoms with Gasteiger partial charge >= 0.3 is 5.97 Å². The van der Waals surface area contributed by atoms with Crippen molar-refractivity contribution in [3.8, 4) is 0 Å². The van der Waals surface area contributed by atoms with Crippen LogP contribution >= 0.6 is 11.8 Å². The lowest BCUT2D eigenvalue weighted by Crippen LogP contribution is -2.30. The van der Waals surface area contributed by atoms with Gasteiger partial charge in [-0.25, -0.2) is 4.79 Å². The number of rotatable bonds is 5. The fourth-order valence-electron chi connectivity index (χ4n) is 1.12. The number of ether oxygens (including phenoxy) is 1. The Balaban J connectivity index is 2.88. The van der Waals surface area contributed by atoms with E-state index in [0.29, 0.717) is 0 Å². The van der Waals surface area contributed by atoms with Crippen LogP contribution in [0.25, 0.3) is 0 Å². The highest BCUT2D eigenvalue weighted by Gasteiger charge is 2.20. The zero-order chi connectivity index (χ0) is 13.7. The molecule has 1 aromatic carbocycles. The standard InChI is InChI=1S/C11H11F2NO3S/c1-6(9(14)15)17-10(16)7-4-2-3-5-8(7)18-11(12)13/h2-6,11H,1H3,(H2,14,15). The molecule has 1 rings (SSSR count). The highest BCUT2D eigenvalue weighted by Crippen LogP contribution is 2.28. The highest BCUT2D eigenvalue weighted by atomic mass is 32.2. The Morgan fingerprint density at radius 3 is 2.50 bits per heavy atom. The van der Waals surface area contributed by atoms with Crippen molar-refractivity contribution in [1.29, 1.82) is 0 Å². The molecule has 1 aromatic rings. The van der Waals surface area contributed by atoms with Gasteiger partial charge in [0.25, 0.3) is 11.7 Å². The van der Waals surface area contributed by atoms with E-state index in [9.17, 15) is 18.4 Å². The van der Waals surface area contributed by atoms with Crippen molar-refractivity contribution in [2.75, 3.05) is 0 Å². The van der Waals surface area contributed by atoms with Gasteiger partial charge in [-0.3, -0.25) is 4.79 Å². The van der Waals surface area contributed by atoms with Gasteiger partial charge in [0.15, 0.2) is 6.10 Å². The maximum Gasteiger partial charge on any atom is 0.340 e.